The molecule has 0 saturated heterocycles. The molecule has 0 amide bonds. The van der Waals surface area contributed by atoms with Crippen molar-refractivity contribution in [2.45, 2.75) is 11.8 Å². The van der Waals surface area contributed by atoms with E-state index in [1.807, 2.05) is 6.92 Å². The summed E-state index contributed by atoms with van der Waals surface area (Å²) < 4.78 is 0. The van der Waals surface area contributed by atoms with Gasteiger partial charge in [0.25, 0.3) is 0 Å². The van der Waals surface area contributed by atoms with Gasteiger partial charge in [-0.15, -0.1) is 6.42 Å². The average Bonchev–Trinajstić information content (AvgIpc) is 1.38. The Labute approximate surface area is 40.7 Å². The van der Waals surface area contributed by atoms with Crippen LogP contribution in [0.5, 0.6) is 0 Å². The molecule has 0 aromatic carbocycles. The van der Waals surface area contributed by atoms with Crippen molar-refractivity contribution < 1.29 is 0 Å². The second kappa shape index (κ2) is 2.29. The zero-order valence-corrected chi connectivity index (χ0v) is 4.62. The van der Waals surface area contributed by atoms with Crippen molar-refractivity contribution in [1.29, 1.82) is 0 Å². The molecule has 0 radical (unpaired) electrons. The van der Waals surface area contributed by atoms with E-state index in [1.165, 1.54) is 0 Å². The van der Waals surface area contributed by atoms with E-state index in [0.29, 0.717) is 0 Å². The number of terminal acetylenes is 1. The fourth-order valence-electron chi connectivity index (χ4n) is 0. The summed E-state index contributed by atoms with van der Waals surface area (Å²) in [4.78, 5) is 0.225. The normalized spacial score (nSPS) is 13.0. The third-order valence-electron chi connectivity index (χ3n) is 0.230. The second-order valence-corrected chi connectivity index (χ2v) is 2.16. The standard InChI is InChI=1S/C4H5Br/c1-3-4(2)5/h1,4H,2H3/t4-/m0/s1. The first-order valence-corrected chi connectivity index (χ1v) is 2.29. The predicted molar refractivity (Wildman–Crippen MR) is 27.2 cm³/mol. The number of halogens is 1. The molecule has 0 bridgehead atoms. The Morgan fingerprint density at radius 1 is 2.00 bits per heavy atom. The lowest BCUT2D eigenvalue weighted by Gasteiger charge is -1.77. The van der Waals surface area contributed by atoms with Crippen LogP contribution in [-0.4, -0.2) is 4.83 Å². The van der Waals surface area contributed by atoms with Crippen LogP contribution < -0.4 is 0 Å². The molecule has 0 aliphatic rings. The summed E-state index contributed by atoms with van der Waals surface area (Å²) in [5, 5.41) is 0. The van der Waals surface area contributed by atoms with E-state index in [4.69, 9.17) is 6.42 Å². The van der Waals surface area contributed by atoms with E-state index in [-0.39, 0.29) is 4.83 Å². The van der Waals surface area contributed by atoms with Gasteiger partial charge < -0.3 is 0 Å². The maximum Gasteiger partial charge on any atom is 0.0724 e. The lowest BCUT2D eigenvalue weighted by Crippen LogP contribution is -1.75. The molecule has 28 valence electrons. The lowest BCUT2D eigenvalue weighted by molar-refractivity contribution is 1.33. The summed E-state index contributed by atoms with van der Waals surface area (Å²) in [5.74, 6) is 2.44. The van der Waals surface area contributed by atoms with Crippen LogP contribution in [0.1, 0.15) is 6.92 Å². The number of hydrogen-bond acceptors (Lipinski definition) is 0. The van der Waals surface area contributed by atoms with Crippen LogP contribution in [0.2, 0.25) is 0 Å². The summed E-state index contributed by atoms with van der Waals surface area (Å²) in [6, 6.07) is 0. The van der Waals surface area contributed by atoms with Gasteiger partial charge in [0, 0.05) is 0 Å². The van der Waals surface area contributed by atoms with Crippen LogP contribution in [0, 0.1) is 12.3 Å². The summed E-state index contributed by atoms with van der Waals surface area (Å²) in [6.45, 7) is 1.90. The van der Waals surface area contributed by atoms with E-state index in [9.17, 15) is 0 Å². The maximum absolute atomic E-state index is 4.87. The van der Waals surface area contributed by atoms with Crippen LogP contribution in [0.3, 0.4) is 0 Å². The van der Waals surface area contributed by atoms with Gasteiger partial charge in [0.05, 0.1) is 4.83 Å². The molecule has 0 N–H and O–H groups in total. The molecule has 0 nitrogen and oxygen atoms in total. The molecular weight excluding hydrogens is 128 g/mol. The molecule has 5 heavy (non-hydrogen) atoms. The Morgan fingerprint density at radius 3 is 2.20 bits per heavy atom. The predicted octanol–water partition coefficient (Wildman–Crippen LogP) is 1.40. The first kappa shape index (κ1) is 5.04. The van der Waals surface area contributed by atoms with Crippen molar-refractivity contribution in [2.24, 2.45) is 0 Å². The highest BCUT2D eigenvalue weighted by Crippen LogP contribution is 1.90. The zero-order chi connectivity index (χ0) is 4.28. The van der Waals surface area contributed by atoms with Crippen molar-refractivity contribution in [3.8, 4) is 12.3 Å². The van der Waals surface area contributed by atoms with Gasteiger partial charge >= 0.3 is 0 Å². The minimum atomic E-state index is 0.225. The summed E-state index contributed by atoms with van der Waals surface area (Å²) >= 11 is 3.14. The largest absolute Gasteiger partial charge is 0.119 e. The molecule has 0 heterocycles. The molecule has 0 fully saturated rings. The maximum atomic E-state index is 4.87. The number of alkyl halides is 1. The summed E-state index contributed by atoms with van der Waals surface area (Å²) in [6.07, 6.45) is 4.87. The van der Waals surface area contributed by atoms with Crippen molar-refractivity contribution in [3.05, 3.63) is 0 Å². The van der Waals surface area contributed by atoms with Crippen molar-refractivity contribution >= 4 is 15.9 Å². The molecule has 0 aromatic rings. The topological polar surface area (TPSA) is 0 Å². The van der Waals surface area contributed by atoms with E-state index in [1.54, 1.807) is 0 Å². The average molecular weight is 133 g/mol. The monoisotopic (exact) mass is 132 g/mol. The van der Waals surface area contributed by atoms with E-state index < -0.39 is 0 Å². The fourth-order valence-corrected chi connectivity index (χ4v) is 0. The Morgan fingerprint density at radius 2 is 2.20 bits per heavy atom. The highest BCUT2D eigenvalue weighted by Gasteiger charge is 1.77. The number of hydrogen-bond donors (Lipinski definition) is 0. The fraction of sp³-hybridized carbons (Fsp3) is 0.500. The van der Waals surface area contributed by atoms with Crippen LogP contribution in [-0.2, 0) is 0 Å². The van der Waals surface area contributed by atoms with Gasteiger partial charge in [-0.1, -0.05) is 21.9 Å². The van der Waals surface area contributed by atoms with Gasteiger partial charge in [-0.25, -0.2) is 0 Å². The van der Waals surface area contributed by atoms with Gasteiger partial charge in [0.1, 0.15) is 0 Å². The Bertz CT molecular complexity index is 49.2. The molecule has 1 heteroatoms. The van der Waals surface area contributed by atoms with Gasteiger partial charge in [-0.3, -0.25) is 0 Å². The van der Waals surface area contributed by atoms with Crippen molar-refractivity contribution in [3.63, 3.8) is 0 Å². The Balaban J connectivity index is 2.94. The summed E-state index contributed by atoms with van der Waals surface area (Å²) in [5.41, 5.74) is 0. The van der Waals surface area contributed by atoms with Crippen LogP contribution in [0.15, 0.2) is 0 Å². The van der Waals surface area contributed by atoms with Gasteiger partial charge in [-0.2, -0.15) is 0 Å². The zero-order valence-electron chi connectivity index (χ0n) is 3.03. The molecule has 0 aliphatic carbocycles. The molecule has 0 rings (SSSR count). The third kappa shape index (κ3) is 4.04. The highest BCUT2D eigenvalue weighted by atomic mass is 79.9. The SMILES string of the molecule is C#C[C@H](C)Br. The number of rotatable bonds is 0. The lowest BCUT2D eigenvalue weighted by atomic mass is 10.5. The van der Waals surface area contributed by atoms with Crippen LogP contribution in [0.4, 0.5) is 0 Å². The minimum absolute atomic E-state index is 0.225. The molecule has 1 atom stereocenters. The van der Waals surface area contributed by atoms with Gasteiger partial charge in [-0.05, 0) is 6.92 Å². The Kier molecular flexibility index (Phi) is 2.31. The van der Waals surface area contributed by atoms with E-state index >= 15 is 0 Å². The van der Waals surface area contributed by atoms with Crippen molar-refractivity contribution in [2.75, 3.05) is 0 Å². The van der Waals surface area contributed by atoms with E-state index in [2.05, 4.69) is 21.9 Å². The van der Waals surface area contributed by atoms with E-state index in [0.717, 1.165) is 0 Å². The van der Waals surface area contributed by atoms with Gasteiger partial charge in [0.15, 0.2) is 0 Å². The molecule has 0 spiro atoms. The minimum Gasteiger partial charge on any atom is -0.119 e. The molecule has 0 saturated carbocycles. The molecule has 0 aromatic heterocycles. The smallest absolute Gasteiger partial charge is 0.0724 e. The Hall–Kier alpha value is 0.0400. The second-order valence-electron chi connectivity index (χ2n) is 0.783. The quantitative estimate of drug-likeness (QED) is 0.346. The van der Waals surface area contributed by atoms with Crippen LogP contribution >= 0.6 is 15.9 Å². The first-order chi connectivity index (χ1) is 2.27. The van der Waals surface area contributed by atoms with Crippen molar-refractivity contribution in [1.82, 2.24) is 0 Å². The van der Waals surface area contributed by atoms with Gasteiger partial charge in [0.2, 0.25) is 0 Å². The molecular formula is C4H5Br. The first-order valence-electron chi connectivity index (χ1n) is 1.37. The summed E-state index contributed by atoms with van der Waals surface area (Å²) in [7, 11) is 0. The third-order valence-corrected chi connectivity index (χ3v) is 0.494. The molecule has 0 unspecified atom stereocenters. The van der Waals surface area contributed by atoms with Crippen LogP contribution in [0.25, 0.3) is 0 Å². The highest BCUT2D eigenvalue weighted by molar-refractivity contribution is 9.09. The molecule has 0 aliphatic heterocycles.